The third kappa shape index (κ3) is 2.92. The van der Waals surface area contributed by atoms with Crippen molar-refractivity contribution in [3.05, 3.63) is 51.8 Å². The highest BCUT2D eigenvalue weighted by Gasteiger charge is 2.29. The Balaban J connectivity index is 1.78. The lowest BCUT2D eigenvalue weighted by Gasteiger charge is -2.31. The second-order valence-corrected chi connectivity index (χ2v) is 5.79. The SMILES string of the molecule is [O-][n+]1nc(Oc2cccc3c2CC3CCCCl)ccc1Cl. The van der Waals surface area contributed by atoms with E-state index in [-0.39, 0.29) is 11.0 Å². The number of benzene rings is 1. The van der Waals surface area contributed by atoms with Gasteiger partial charge in [0.15, 0.2) is 0 Å². The van der Waals surface area contributed by atoms with Crippen LogP contribution in [0.2, 0.25) is 5.15 Å². The fraction of sp³-hybridized carbons (Fsp3) is 0.333. The van der Waals surface area contributed by atoms with Gasteiger partial charge >= 0.3 is 5.15 Å². The third-order valence-corrected chi connectivity index (χ3v) is 4.23. The van der Waals surface area contributed by atoms with E-state index in [0.29, 0.717) is 16.6 Å². The van der Waals surface area contributed by atoms with Gasteiger partial charge in [-0.1, -0.05) is 12.1 Å². The van der Waals surface area contributed by atoms with E-state index >= 15 is 0 Å². The first-order chi connectivity index (χ1) is 10.2. The van der Waals surface area contributed by atoms with Gasteiger partial charge in [-0.05, 0) is 58.8 Å². The molecule has 0 saturated carbocycles. The van der Waals surface area contributed by atoms with Gasteiger partial charge in [-0.15, -0.1) is 11.6 Å². The summed E-state index contributed by atoms with van der Waals surface area (Å²) in [4.78, 5) is 0.343. The number of ether oxygens (including phenoxy) is 1. The summed E-state index contributed by atoms with van der Waals surface area (Å²) >= 11 is 11.4. The normalized spacial score (nSPS) is 16.2. The first kappa shape index (κ1) is 14.4. The Morgan fingerprint density at radius 3 is 2.95 bits per heavy atom. The summed E-state index contributed by atoms with van der Waals surface area (Å²) in [6.07, 6.45) is 3.10. The molecule has 21 heavy (non-hydrogen) atoms. The second-order valence-electron chi connectivity index (χ2n) is 5.03. The number of halogens is 2. The molecule has 1 unspecified atom stereocenters. The summed E-state index contributed by atoms with van der Waals surface area (Å²) < 4.78 is 5.71. The van der Waals surface area contributed by atoms with Crippen LogP contribution in [0.15, 0.2) is 30.3 Å². The average Bonchev–Trinajstić information content (AvgIpc) is 2.45. The highest BCUT2D eigenvalue weighted by atomic mass is 35.5. The van der Waals surface area contributed by atoms with Gasteiger partial charge in [-0.2, -0.15) is 0 Å². The van der Waals surface area contributed by atoms with Crippen LogP contribution in [0.5, 0.6) is 11.6 Å². The predicted octanol–water partition coefficient (Wildman–Crippen LogP) is 3.82. The van der Waals surface area contributed by atoms with Crippen LogP contribution in [-0.2, 0) is 6.42 Å². The summed E-state index contributed by atoms with van der Waals surface area (Å²) in [5.74, 6) is 2.25. The van der Waals surface area contributed by atoms with Crippen molar-refractivity contribution in [2.75, 3.05) is 5.88 Å². The molecule has 0 bridgehead atoms. The first-order valence-electron chi connectivity index (χ1n) is 6.81. The summed E-state index contributed by atoms with van der Waals surface area (Å²) in [6, 6.07) is 9.02. The minimum atomic E-state index is 0.0181. The van der Waals surface area contributed by atoms with E-state index in [9.17, 15) is 5.21 Å². The molecular formula is C15H14Cl2N2O2. The molecule has 1 heterocycles. The second kappa shape index (κ2) is 6.08. The standard InChI is InChI=1S/C15H14Cl2N2O2/c16-8-2-3-10-9-12-11(10)4-1-5-13(12)21-15-7-6-14(17)19(20)18-15/h1,4-7,10H,2-3,8-9H2. The Labute approximate surface area is 132 Å². The number of aromatic nitrogens is 2. The van der Waals surface area contributed by atoms with Crippen molar-refractivity contribution in [3.8, 4) is 11.6 Å². The van der Waals surface area contributed by atoms with E-state index in [2.05, 4.69) is 11.2 Å². The van der Waals surface area contributed by atoms with Gasteiger partial charge in [0.25, 0.3) is 5.88 Å². The summed E-state index contributed by atoms with van der Waals surface area (Å²) in [5, 5.41) is 15.1. The molecule has 6 heteroatoms. The first-order valence-corrected chi connectivity index (χ1v) is 7.72. The van der Waals surface area contributed by atoms with E-state index < -0.39 is 0 Å². The molecule has 0 aliphatic heterocycles. The summed E-state index contributed by atoms with van der Waals surface area (Å²) in [7, 11) is 0. The minimum Gasteiger partial charge on any atom is -0.593 e. The maximum Gasteiger partial charge on any atom is 0.313 e. The maximum absolute atomic E-state index is 11.3. The summed E-state index contributed by atoms with van der Waals surface area (Å²) in [5.41, 5.74) is 2.49. The number of hydrogen-bond acceptors (Lipinski definition) is 3. The molecule has 0 fully saturated rings. The van der Waals surface area contributed by atoms with Crippen LogP contribution in [-0.4, -0.2) is 11.0 Å². The van der Waals surface area contributed by atoms with Crippen LogP contribution in [0.1, 0.15) is 29.9 Å². The molecule has 1 atom stereocenters. The lowest BCUT2D eigenvalue weighted by atomic mass is 9.75. The average molecular weight is 325 g/mol. The fourth-order valence-corrected chi connectivity index (χ4v) is 2.88. The molecule has 1 aromatic heterocycles. The van der Waals surface area contributed by atoms with Crippen molar-refractivity contribution in [1.29, 1.82) is 0 Å². The molecule has 110 valence electrons. The molecule has 0 amide bonds. The number of nitrogens with zero attached hydrogens (tertiary/aromatic N) is 2. The zero-order chi connectivity index (χ0) is 14.8. The molecule has 0 saturated heterocycles. The molecule has 0 spiro atoms. The molecule has 3 rings (SSSR count). The van der Waals surface area contributed by atoms with Crippen molar-refractivity contribution in [3.63, 3.8) is 0 Å². The Hall–Kier alpha value is -1.52. The minimum absolute atomic E-state index is 0.0181. The largest absolute Gasteiger partial charge is 0.593 e. The van der Waals surface area contributed by atoms with Gasteiger partial charge in [0.2, 0.25) is 0 Å². The fourth-order valence-electron chi connectivity index (χ4n) is 2.63. The lowest BCUT2D eigenvalue weighted by Crippen LogP contribution is -2.32. The number of hydrogen-bond donors (Lipinski definition) is 0. The zero-order valence-corrected chi connectivity index (χ0v) is 12.8. The van der Waals surface area contributed by atoms with E-state index in [1.54, 1.807) is 6.07 Å². The van der Waals surface area contributed by atoms with Crippen molar-refractivity contribution < 1.29 is 9.58 Å². The van der Waals surface area contributed by atoms with Crippen molar-refractivity contribution in [2.24, 2.45) is 0 Å². The molecule has 1 aliphatic rings. The molecule has 0 N–H and O–H groups in total. The zero-order valence-electron chi connectivity index (χ0n) is 11.3. The van der Waals surface area contributed by atoms with Gasteiger partial charge < -0.3 is 9.94 Å². The highest BCUT2D eigenvalue weighted by molar-refractivity contribution is 6.28. The highest BCUT2D eigenvalue weighted by Crippen LogP contribution is 2.44. The van der Waals surface area contributed by atoms with E-state index in [1.807, 2.05) is 12.1 Å². The van der Waals surface area contributed by atoms with Gasteiger partial charge in [0.05, 0.1) is 5.10 Å². The molecule has 2 aromatic rings. The van der Waals surface area contributed by atoms with Crippen LogP contribution in [0.25, 0.3) is 0 Å². The third-order valence-electron chi connectivity index (χ3n) is 3.70. The predicted molar refractivity (Wildman–Crippen MR) is 81.1 cm³/mol. The number of alkyl halides is 1. The Bertz CT molecular complexity index is 664. The maximum atomic E-state index is 11.3. The number of fused-ring (bicyclic) bond motifs is 1. The Kier molecular flexibility index (Phi) is 4.17. The molecule has 0 radical (unpaired) electrons. The Morgan fingerprint density at radius 1 is 1.33 bits per heavy atom. The van der Waals surface area contributed by atoms with Crippen molar-refractivity contribution in [2.45, 2.75) is 25.2 Å². The lowest BCUT2D eigenvalue weighted by molar-refractivity contribution is -0.667. The van der Waals surface area contributed by atoms with E-state index in [0.717, 1.165) is 25.0 Å². The van der Waals surface area contributed by atoms with Gasteiger partial charge in [-0.25, -0.2) is 0 Å². The van der Waals surface area contributed by atoms with Crippen LogP contribution in [0.3, 0.4) is 0 Å². The van der Waals surface area contributed by atoms with E-state index in [1.165, 1.54) is 17.2 Å². The molecule has 1 aliphatic carbocycles. The summed E-state index contributed by atoms with van der Waals surface area (Å²) in [6.45, 7) is 0. The van der Waals surface area contributed by atoms with Crippen molar-refractivity contribution >= 4 is 23.2 Å². The van der Waals surface area contributed by atoms with Crippen LogP contribution in [0, 0.1) is 5.21 Å². The monoisotopic (exact) mass is 324 g/mol. The Morgan fingerprint density at radius 2 is 2.19 bits per heavy atom. The van der Waals surface area contributed by atoms with Gasteiger partial charge in [0, 0.05) is 18.0 Å². The van der Waals surface area contributed by atoms with Crippen LogP contribution < -0.4 is 9.58 Å². The molecular weight excluding hydrogens is 311 g/mol. The smallest absolute Gasteiger partial charge is 0.313 e. The molecule has 1 aromatic carbocycles. The van der Waals surface area contributed by atoms with E-state index in [4.69, 9.17) is 27.9 Å². The topological polar surface area (TPSA) is 49.1 Å². The number of rotatable bonds is 5. The van der Waals surface area contributed by atoms with Gasteiger partial charge in [0.1, 0.15) is 5.75 Å². The van der Waals surface area contributed by atoms with Gasteiger partial charge in [-0.3, -0.25) is 0 Å². The van der Waals surface area contributed by atoms with Crippen LogP contribution >= 0.6 is 23.2 Å². The van der Waals surface area contributed by atoms with Crippen LogP contribution in [0.4, 0.5) is 0 Å². The molecule has 4 nitrogen and oxygen atoms in total. The quantitative estimate of drug-likeness (QED) is 0.477. The van der Waals surface area contributed by atoms with Crippen molar-refractivity contribution in [1.82, 2.24) is 5.10 Å².